The van der Waals surface area contributed by atoms with Gasteiger partial charge in [0.15, 0.2) is 0 Å². The summed E-state index contributed by atoms with van der Waals surface area (Å²) in [7, 11) is 0. The fourth-order valence-corrected chi connectivity index (χ4v) is 4.72. The van der Waals surface area contributed by atoms with E-state index in [4.69, 9.17) is 5.11 Å². The molecular weight excluding hydrogens is 392 g/mol. The van der Waals surface area contributed by atoms with Gasteiger partial charge in [0, 0.05) is 25.4 Å². The summed E-state index contributed by atoms with van der Waals surface area (Å²) in [6.45, 7) is 0.0975. The zero-order valence-corrected chi connectivity index (χ0v) is 18.5. The third-order valence-electron chi connectivity index (χ3n) is 6.47. The van der Waals surface area contributed by atoms with Crippen molar-refractivity contribution in [2.24, 2.45) is 17.8 Å². The van der Waals surface area contributed by atoms with Gasteiger partial charge in [0.05, 0.1) is 12.2 Å². The summed E-state index contributed by atoms with van der Waals surface area (Å²) in [4.78, 5) is 10.6. The molecule has 5 nitrogen and oxygen atoms in total. The van der Waals surface area contributed by atoms with Crippen LogP contribution < -0.4 is 0 Å². The quantitative estimate of drug-likeness (QED) is 0.282. The number of carboxylic acid groups (broad SMARTS) is 1. The Morgan fingerprint density at radius 3 is 2.32 bits per heavy atom. The molecule has 1 aliphatic carbocycles. The van der Waals surface area contributed by atoms with Gasteiger partial charge in [-0.25, -0.2) is 0 Å². The molecule has 1 aromatic rings. The molecule has 0 amide bonds. The van der Waals surface area contributed by atoms with Gasteiger partial charge in [-0.05, 0) is 55.9 Å². The summed E-state index contributed by atoms with van der Waals surface area (Å²) in [6.07, 6.45) is 6.95. The van der Waals surface area contributed by atoms with Gasteiger partial charge in [-0.15, -0.1) is 0 Å². The van der Waals surface area contributed by atoms with Crippen molar-refractivity contribution < 1.29 is 25.2 Å². The van der Waals surface area contributed by atoms with E-state index in [0.29, 0.717) is 25.7 Å². The van der Waals surface area contributed by atoms with E-state index in [1.165, 1.54) is 5.56 Å². The van der Waals surface area contributed by atoms with Gasteiger partial charge in [-0.1, -0.05) is 61.4 Å². The number of unbranched alkanes of at least 4 members (excludes halogenated alkanes) is 3. The van der Waals surface area contributed by atoms with E-state index in [2.05, 4.69) is 24.0 Å². The van der Waals surface area contributed by atoms with E-state index in [9.17, 15) is 20.1 Å². The van der Waals surface area contributed by atoms with Gasteiger partial charge in [0.25, 0.3) is 0 Å². The van der Waals surface area contributed by atoms with Crippen LogP contribution >= 0.6 is 0 Å². The largest absolute Gasteiger partial charge is 0.481 e. The fourth-order valence-electron chi connectivity index (χ4n) is 4.72. The second-order valence-electron chi connectivity index (χ2n) is 8.81. The molecule has 0 saturated heterocycles. The molecule has 31 heavy (non-hydrogen) atoms. The Kier molecular flexibility index (Phi) is 11.7. The zero-order chi connectivity index (χ0) is 22.5. The van der Waals surface area contributed by atoms with E-state index in [-0.39, 0.29) is 30.8 Å². The molecular formula is C26H38O5. The Labute approximate surface area is 186 Å². The topological polar surface area (TPSA) is 98.0 Å². The van der Waals surface area contributed by atoms with Crippen molar-refractivity contribution in [3.05, 3.63) is 35.9 Å². The summed E-state index contributed by atoms with van der Waals surface area (Å²) in [5.41, 5.74) is 1.18. The maximum atomic E-state index is 10.6. The van der Waals surface area contributed by atoms with Crippen molar-refractivity contribution >= 4 is 5.97 Å². The average molecular weight is 431 g/mol. The normalized spacial score (nSPS) is 23.8. The van der Waals surface area contributed by atoms with Crippen molar-refractivity contribution in [1.29, 1.82) is 0 Å². The van der Waals surface area contributed by atoms with Crippen LogP contribution in [0, 0.1) is 29.6 Å². The molecule has 4 N–H and O–H groups in total. The molecule has 5 unspecified atom stereocenters. The zero-order valence-electron chi connectivity index (χ0n) is 18.5. The minimum Gasteiger partial charge on any atom is -0.481 e. The van der Waals surface area contributed by atoms with Crippen LogP contribution in [-0.4, -0.2) is 45.2 Å². The molecule has 0 bridgehead atoms. The molecule has 1 fully saturated rings. The lowest BCUT2D eigenvalue weighted by Gasteiger charge is -2.24. The number of carboxylic acids is 1. The first-order valence-electron chi connectivity index (χ1n) is 11.7. The number of rotatable bonds is 13. The molecule has 2 rings (SSSR count). The molecule has 5 heteroatoms. The Bertz CT molecular complexity index is 693. The van der Waals surface area contributed by atoms with Crippen LogP contribution in [0.2, 0.25) is 0 Å². The van der Waals surface area contributed by atoms with Crippen molar-refractivity contribution in [2.45, 2.75) is 82.8 Å². The molecule has 0 spiro atoms. The van der Waals surface area contributed by atoms with E-state index >= 15 is 0 Å². The van der Waals surface area contributed by atoms with Gasteiger partial charge in [-0.2, -0.15) is 0 Å². The van der Waals surface area contributed by atoms with Crippen molar-refractivity contribution in [3.8, 4) is 11.8 Å². The fraction of sp³-hybridized carbons (Fsp3) is 0.654. The Hall–Kier alpha value is -1.87. The second kappa shape index (κ2) is 14.2. The smallest absolute Gasteiger partial charge is 0.303 e. The molecule has 0 heterocycles. The minimum atomic E-state index is -0.751. The van der Waals surface area contributed by atoms with Gasteiger partial charge in [-0.3, -0.25) is 4.79 Å². The molecule has 1 saturated carbocycles. The standard InChI is InChI=1S/C26H38O5/c27-18-17-21(12-8-11-20-9-4-3-5-10-20)15-16-23-22(24(28)19-25(23)29)13-6-1-2-7-14-26(30)31/h3-5,9-10,21-25,27-29H,1-2,6-7,11,13-19H2,(H,30,31). The van der Waals surface area contributed by atoms with E-state index in [1.807, 2.05) is 18.2 Å². The highest BCUT2D eigenvalue weighted by Gasteiger charge is 2.40. The predicted octanol–water partition coefficient (Wildman–Crippen LogP) is 3.79. The molecule has 5 atom stereocenters. The SMILES string of the molecule is O=C(O)CCCCCCC1C(O)CC(O)C1CCC(C#CCc1ccccc1)CCO. The predicted molar refractivity (Wildman–Crippen MR) is 121 cm³/mol. The van der Waals surface area contributed by atoms with Crippen molar-refractivity contribution in [1.82, 2.24) is 0 Å². The summed E-state index contributed by atoms with van der Waals surface area (Å²) in [6, 6.07) is 10.1. The number of aliphatic carboxylic acids is 1. The molecule has 1 aliphatic rings. The van der Waals surface area contributed by atoms with Gasteiger partial charge in [0.1, 0.15) is 0 Å². The number of carbonyl (C=O) groups is 1. The molecule has 0 aromatic heterocycles. The third kappa shape index (κ3) is 9.43. The first-order chi connectivity index (χ1) is 15.0. The highest BCUT2D eigenvalue weighted by Crippen LogP contribution is 2.39. The summed E-state index contributed by atoms with van der Waals surface area (Å²) in [5, 5.41) is 39.1. The van der Waals surface area contributed by atoms with Crippen LogP contribution in [-0.2, 0) is 11.2 Å². The summed E-state index contributed by atoms with van der Waals surface area (Å²) < 4.78 is 0. The van der Waals surface area contributed by atoms with Crippen LogP contribution in [0.3, 0.4) is 0 Å². The first kappa shape index (κ1) is 25.4. The number of benzene rings is 1. The summed E-state index contributed by atoms with van der Waals surface area (Å²) in [5.74, 6) is 6.04. The molecule has 172 valence electrons. The minimum absolute atomic E-state index is 0.0612. The van der Waals surface area contributed by atoms with E-state index in [0.717, 1.165) is 38.5 Å². The Morgan fingerprint density at radius 2 is 1.65 bits per heavy atom. The number of aliphatic hydroxyl groups excluding tert-OH is 3. The lowest BCUT2D eigenvalue weighted by atomic mass is 9.83. The van der Waals surface area contributed by atoms with Gasteiger partial charge in [0.2, 0.25) is 0 Å². The average Bonchev–Trinajstić information content (AvgIpc) is 3.01. The van der Waals surface area contributed by atoms with Crippen molar-refractivity contribution in [3.63, 3.8) is 0 Å². The lowest BCUT2D eigenvalue weighted by Crippen LogP contribution is -2.23. The molecule has 1 aromatic carbocycles. The van der Waals surface area contributed by atoms with Crippen molar-refractivity contribution in [2.75, 3.05) is 6.61 Å². The van der Waals surface area contributed by atoms with Crippen LogP contribution in [0.4, 0.5) is 0 Å². The first-order valence-corrected chi connectivity index (χ1v) is 11.7. The van der Waals surface area contributed by atoms with Gasteiger partial charge >= 0.3 is 5.97 Å². The number of aliphatic hydroxyl groups is 3. The van der Waals surface area contributed by atoms with Crippen LogP contribution in [0.15, 0.2) is 30.3 Å². The van der Waals surface area contributed by atoms with Crippen LogP contribution in [0.25, 0.3) is 0 Å². The maximum absolute atomic E-state index is 10.6. The highest BCUT2D eigenvalue weighted by molar-refractivity contribution is 5.66. The lowest BCUT2D eigenvalue weighted by molar-refractivity contribution is -0.137. The Balaban J connectivity index is 1.81. The van der Waals surface area contributed by atoms with Crippen LogP contribution in [0.5, 0.6) is 0 Å². The maximum Gasteiger partial charge on any atom is 0.303 e. The number of hydrogen-bond donors (Lipinski definition) is 4. The van der Waals surface area contributed by atoms with Gasteiger partial charge < -0.3 is 20.4 Å². The van der Waals surface area contributed by atoms with E-state index in [1.54, 1.807) is 0 Å². The van der Waals surface area contributed by atoms with Crippen LogP contribution in [0.1, 0.15) is 69.8 Å². The summed E-state index contributed by atoms with van der Waals surface area (Å²) >= 11 is 0. The van der Waals surface area contributed by atoms with E-state index < -0.39 is 18.2 Å². The highest BCUT2D eigenvalue weighted by atomic mass is 16.4. The monoisotopic (exact) mass is 430 g/mol. The third-order valence-corrected chi connectivity index (χ3v) is 6.47. The second-order valence-corrected chi connectivity index (χ2v) is 8.81. The molecule has 0 radical (unpaired) electrons. The Morgan fingerprint density at radius 1 is 0.968 bits per heavy atom. The number of hydrogen-bond acceptors (Lipinski definition) is 4. The molecule has 0 aliphatic heterocycles.